The lowest BCUT2D eigenvalue weighted by Gasteiger charge is -2.07. The van der Waals surface area contributed by atoms with E-state index in [0.29, 0.717) is 0 Å². The van der Waals surface area contributed by atoms with Gasteiger partial charge in [-0.2, -0.15) is 0 Å². The van der Waals surface area contributed by atoms with E-state index in [-0.39, 0.29) is 23.0 Å². The smallest absolute Gasteiger partial charge is 0.200 e. The van der Waals surface area contributed by atoms with Crippen molar-refractivity contribution in [3.8, 4) is 34.5 Å². The molecule has 6 N–H and O–H groups in total. The van der Waals surface area contributed by atoms with Crippen LogP contribution in [0.5, 0.6) is 34.5 Å². The first-order chi connectivity index (χ1) is 15.9. The Hall–Kier alpha value is -2.80. The molecule has 7 nitrogen and oxygen atoms in total. The van der Waals surface area contributed by atoms with Crippen LogP contribution in [0.3, 0.4) is 0 Å². The Bertz CT molecular complexity index is 735. The number of hydrogen-bond acceptors (Lipinski definition) is 7. The van der Waals surface area contributed by atoms with E-state index in [0.717, 1.165) is 101 Å². The summed E-state index contributed by atoms with van der Waals surface area (Å²) < 4.78 is 5.70. The third-order valence-corrected chi connectivity index (χ3v) is 5.77. The standard InChI is InChI=1S/C26H38O7/c27-21-15-19(16-22(28)25(21)31)11-7-3-1-5-9-13-33-14-10-6-2-4-8-12-20-17-23(29)26(32)24(30)18-20/h15-18,27-32H,1-14H2. The number of benzene rings is 2. The van der Waals surface area contributed by atoms with Gasteiger partial charge in [-0.15, -0.1) is 0 Å². The summed E-state index contributed by atoms with van der Waals surface area (Å²) in [6.45, 7) is 1.57. The van der Waals surface area contributed by atoms with Gasteiger partial charge in [-0.1, -0.05) is 38.5 Å². The third-order valence-electron chi connectivity index (χ3n) is 5.77. The normalized spacial score (nSPS) is 11.2. The summed E-state index contributed by atoms with van der Waals surface area (Å²) in [4.78, 5) is 0. The molecule has 0 radical (unpaired) electrons. The molecule has 0 fully saturated rings. The van der Waals surface area contributed by atoms with E-state index in [4.69, 9.17) is 4.74 Å². The topological polar surface area (TPSA) is 131 Å². The Kier molecular flexibility index (Phi) is 11.5. The monoisotopic (exact) mass is 462 g/mol. The number of hydrogen-bond donors (Lipinski definition) is 6. The van der Waals surface area contributed by atoms with E-state index in [2.05, 4.69) is 0 Å². The van der Waals surface area contributed by atoms with Crippen molar-refractivity contribution < 1.29 is 35.4 Å². The molecule has 184 valence electrons. The fourth-order valence-corrected chi connectivity index (χ4v) is 3.84. The summed E-state index contributed by atoms with van der Waals surface area (Å²) in [5.74, 6) is -2.05. The molecule has 0 unspecified atom stereocenters. The molecule has 0 saturated heterocycles. The van der Waals surface area contributed by atoms with E-state index < -0.39 is 11.5 Å². The Morgan fingerprint density at radius 2 is 0.727 bits per heavy atom. The van der Waals surface area contributed by atoms with Crippen LogP contribution < -0.4 is 0 Å². The number of phenolic OH excluding ortho intramolecular Hbond substituents is 6. The van der Waals surface area contributed by atoms with Gasteiger partial charge < -0.3 is 35.4 Å². The Morgan fingerprint density at radius 1 is 0.424 bits per heavy atom. The van der Waals surface area contributed by atoms with Crippen molar-refractivity contribution >= 4 is 0 Å². The van der Waals surface area contributed by atoms with Crippen molar-refractivity contribution in [2.24, 2.45) is 0 Å². The van der Waals surface area contributed by atoms with Gasteiger partial charge in [0.25, 0.3) is 0 Å². The zero-order chi connectivity index (χ0) is 24.1. The first kappa shape index (κ1) is 26.5. The van der Waals surface area contributed by atoms with Crippen LogP contribution in [0.4, 0.5) is 0 Å². The highest BCUT2D eigenvalue weighted by Crippen LogP contribution is 2.36. The summed E-state index contributed by atoms with van der Waals surface area (Å²) in [7, 11) is 0. The van der Waals surface area contributed by atoms with Gasteiger partial charge in [0.15, 0.2) is 34.5 Å². The van der Waals surface area contributed by atoms with Crippen molar-refractivity contribution in [2.45, 2.75) is 77.0 Å². The maximum Gasteiger partial charge on any atom is 0.200 e. The molecule has 0 atom stereocenters. The highest BCUT2D eigenvalue weighted by Gasteiger charge is 2.08. The quantitative estimate of drug-likeness (QED) is 0.141. The van der Waals surface area contributed by atoms with E-state index in [1.165, 1.54) is 24.3 Å². The second-order valence-corrected chi connectivity index (χ2v) is 8.61. The van der Waals surface area contributed by atoms with Crippen molar-refractivity contribution in [3.63, 3.8) is 0 Å². The highest BCUT2D eigenvalue weighted by molar-refractivity contribution is 5.51. The van der Waals surface area contributed by atoms with Crippen LogP contribution in [0.2, 0.25) is 0 Å². The summed E-state index contributed by atoms with van der Waals surface area (Å²) in [6, 6.07) is 5.98. The Balaban J connectivity index is 1.37. The van der Waals surface area contributed by atoms with Crippen molar-refractivity contribution in [3.05, 3.63) is 35.4 Å². The molecule has 2 aromatic rings. The molecule has 0 bridgehead atoms. The van der Waals surface area contributed by atoms with Gasteiger partial charge in [0.1, 0.15) is 0 Å². The Labute approximate surface area is 195 Å². The lowest BCUT2D eigenvalue weighted by Crippen LogP contribution is -1.97. The first-order valence-electron chi connectivity index (χ1n) is 11.9. The summed E-state index contributed by atoms with van der Waals surface area (Å²) in [5.41, 5.74) is 1.65. The summed E-state index contributed by atoms with van der Waals surface area (Å²) in [5, 5.41) is 56.8. The number of phenols is 6. The van der Waals surface area contributed by atoms with Gasteiger partial charge in [0, 0.05) is 13.2 Å². The minimum absolute atomic E-state index is 0.279. The zero-order valence-corrected chi connectivity index (χ0v) is 19.3. The molecule has 0 saturated carbocycles. The van der Waals surface area contributed by atoms with Gasteiger partial charge in [-0.25, -0.2) is 0 Å². The average molecular weight is 463 g/mol. The molecular weight excluding hydrogens is 424 g/mol. The number of aryl methyl sites for hydroxylation is 2. The second-order valence-electron chi connectivity index (χ2n) is 8.61. The zero-order valence-electron chi connectivity index (χ0n) is 19.3. The van der Waals surface area contributed by atoms with Gasteiger partial charge in [-0.05, 0) is 73.9 Å². The molecule has 0 amide bonds. The van der Waals surface area contributed by atoms with Gasteiger partial charge in [0.2, 0.25) is 0 Å². The predicted molar refractivity (Wildman–Crippen MR) is 127 cm³/mol. The fraction of sp³-hybridized carbons (Fsp3) is 0.538. The molecule has 0 aromatic heterocycles. The second kappa shape index (κ2) is 14.4. The van der Waals surface area contributed by atoms with Crippen molar-refractivity contribution in [2.75, 3.05) is 13.2 Å². The number of aromatic hydroxyl groups is 6. The minimum Gasteiger partial charge on any atom is -0.504 e. The number of rotatable bonds is 16. The molecule has 0 aliphatic heterocycles. The van der Waals surface area contributed by atoms with Crippen LogP contribution in [0.25, 0.3) is 0 Å². The van der Waals surface area contributed by atoms with Gasteiger partial charge >= 0.3 is 0 Å². The lowest BCUT2D eigenvalue weighted by atomic mass is 10.0. The minimum atomic E-state index is -0.465. The van der Waals surface area contributed by atoms with E-state index in [1.807, 2.05) is 0 Å². The van der Waals surface area contributed by atoms with E-state index >= 15 is 0 Å². The van der Waals surface area contributed by atoms with Gasteiger partial charge in [0.05, 0.1) is 0 Å². The molecule has 0 spiro atoms. The number of ether oxygens (including phenoxy) is 1. The molecular formula is C26H38O7. The number of unbranched alkanes of at least 4 members (excludes halogenated alkanes) is 8. The largest absolute Gasteiger partial charge is 0.504 e. The van der Waals surface area contributed by atoms with E-state index in [9.17, 15) is 30.6 Å². The molecule has 0 heterocycles. The predicted octanol–water partition coefficient (Wildman–Crippen LogP) is 5.62. The van der Waals surface area contributed by atoms with Crippen molar-refractivity contribution in [1.82, 2.24) is 0 Å². The molecule has 0 aliphatic rings. The lowest BCUT2D eigenvalue weighted by molar-refractivity contribution is 0.125. The van der Waals surface area contributed by atoms with E-state index in [1.54, 1.807) is 0 Å². The molecule has 2 rings (SSSR count). The summed E-state index contributed by atoms with van der Waals surface area (Å²) in [6.07, 6.45) is 12.2. The molecule has 0 aliphatic carbocycles. The van der Waals surface area contributed by atoms with Gasteiger partial charge in [-0.3, -0.25) is 0 Å². The van der Waals surface area contributed by atoms with Crippen LogP contribution >= 0.6 is 0 Å². The molecule has 2 aromatic carbocycles. The van der Waals surface area contributed by atoms with Crippen LogP contribution in [0, 0.1) is 0 Å². The first-order valence-corrected chi connectivity index (χ1v) is 11.9. The van der Waals surface area contributed by atoms with Crippen LogP contribution in [0.1, 0.15) is 75.3 Å². The van der Waals surface area contributed by atoms with Crippen LogP contribution in [-0.4, -0.2) is 43.9 Å². The highest BCUT2D eigenvalue weighted by atomic mass is 16.5. The van der Waals surface area contributed by atoms with Crippen molar-refractivity contribution in [1.29, 1.82) is 0 Å². The summed E-state index contributed by atoms with van der Waals surface area (Å²) >= 11 is 0. The molecule has 7 heteroatoms. The SMILES string of the molecule is Oc1cc(CCCCCCCOCCCCCCCc2cc(O)c(O)c(O)c2)cc(O)c1O. The van der Waals surface area contributed by atoms with Crippen LogP contribution in [-0.2, 0) is 17.6 Å². The maximum absolute atomic E-state index is 9.52. The maximum atomic E-state index is 9.52. The fourth-order valence-electron chi connectivity index (χ4n) is 3.84. The van der Waals surface area contributed by atoms with Crippen LogP contribution in [0.15, 0.2) is 24.3 Å². The average Bonchev–Trinajstić information content (AvgIpc) is 2.78. The Morgan fingerprint density at radius 3 is 1.09 bits per heavy atom. The molecule has 33 heavy (non-hydrogen) atoms. The third kappa shape index (κ3) is 9.70.